The van der Waals surface area contributed by atoms with E-state index in [0.717, 1.165) is 30.6 Å². The molecule has 1 atom stereocenters. The van der Waals surface area contributed by atoms with Crippen LogP contribution in [0.25, 0.3) is 5.57 Å². The highest BCUT2D eigenvalue weighted by molar-refractivity contribution is 5.98. The monoisotopic (exact) mass is 375 g/mol. The number of nitrogens with one attached hydrogen (secondary N) is 1. The Morgan fingerprint density at radius 1 is 1.52 bits per heavy atom. The highest BCUT2D eigenvalue weighted by atomic mass is 19.1. The molecule has 1 aromatic rings. The maximum atomic E-state index is 13.7. The molecule has 1 aliphatic heterocycles. The number of nitrogens with zero attached hydrogens (tertiary/aromatic N) is 2. The molecule has 2 rings (SSSR count). The average molecular weight is 376 g/mol. The van der Waals surface area contributed by atoms with E-state index < -0.39 is 6.67 Å². The molecule has 150 valence electrons. The molecule has 1 aromatic heterocycles. The number of carbonyl (C=O) groups excluding carboxylic acids is 1. The topological polar surface area (TPSA) is 37.3 Å². The zero-order valence-corrected chi connectivity index (χ0v) is 17.6. The lowest BCUT2D eigenvalue weighted by Gasteiger charge is -2.44. The third-order valence-corrected chi connectivity index (χ3v) is 5.63. The van der Waals surface area contributed by atoms with Gasteiger partial charge in [-0.25, -0.2) is 4.39 Å². The van der Waals surface area contributed by atoms with Crippen LogP contribution in [0, 0.1) is 5.41 Å². The Balaban J connectivity index is 2.57. The Labute approximate surface area is 163 Å². The van der Waals surface area contributed by atoms with Crippen LogP contribution in [-0.2, 0) is 6.67 Å². The first-order valence-electron chi connectivity index (χ1n) is 9.73. The lowest BCUT2D eigenvalue weighted by Crippen LogP contribution is -2.55. The third kappa shape index (κ3) is 4.18. The summed E-state index contributed by atoms with van der Waals surface area (Å²) in [4.78, 5) is 15.5. The van der Waals surface area contributed by atoms with Gasteiger partial charge in [-0.3, -0.25) is 4.79 Å². The number of allylic oxidation sites excluding steroid dienone is 3. The van der Waals surface area contributed by atoms with Crippen LogP contribution in [0.4, 0.5) is 4.39 Å². The zero-order valence-electron chi connectivity index (χ0n) is 17.6. The molecule has 2 heterocycles. The third-order valence-electron chi connectivity index (χ3n) is 5.63. The maximum Gasteiger partial charge on any atom is 0.271 e. The van der Waals surface area contributed by atoms with Gasteiger partial charge in [0, 0.05) is 31.2 Å². The lowest BCUT2D eigenvalue weighted by atomic mass is 9.79. The molecular formula is C22H34FN3O. The van der Waals surface area contributed by atoms with Crippen molar-refractivity contribution in [3.05, 3.63) is 41.7 Å². The van der Waals surface area contributed by atoms with E-state index in [-0.39, 0.29) is 23.4 Å². The minimum atomic E-state index is -0.595. The van der Waals surface area contributed by atoms with Gasteiger partial charge in [-0.05, 0) is 50.8 Å². The van der Waals surface area contributed by atoms with Crippen molar-refractivity contribution in [3.8, 4) is 0 Å². The second-order valence-corrected chi connectivity index (χ2v) is 8.47. The summed E-state index contributed by atoms with van der Waals surface area (Å²) in [5.74, 6) is -0.0461. The molecular weight excluding hydrogens is 341 g/mol. The van der Waals surface area contributed by atoms with E-state index >= 15 is 0 Å². The predicted octanol–water partition coefficient (Wildman–Crippen LogP) is 4.59. The summed E-state index contributed by atoms with van der Waals surface area (Å²) >= 11 is 0. The van der Waals surface area contributed by atoms with Gasteiger partial charge < -0.3 is 14.8 Å². The largest absolute Gasteiger partial charge is 0.337 e. The molecule has 0 spiro atoms. The van der Waals surface area contributed by atoms with Crippen LogP contribution in [0.15, 0.2) is 24.8 Å². The van der Waals surface area contributed by atoms with Crippen molar-refractivity contribution in [2.45, 2.75) is 59.8 Å². The summed E-state index contributed by atoms with van der Waals surface area (Å²) in [5, 5.41) is 3.41. The predicted molar refractivity (Wildman–Crippen MR) is 111 cm³/mol. The summed E-state index contributed by atoms with van der Waals surface area (Å²) in [5.41, 5.74) is 2.80. The lowest BCUT2D eigenvalue weighted by molar-refractivity contribution is 0.0472. The number of hydrogen-bond acceptors (Lipinski definition) is 2. The van der Waals surface area contributed by atoms with Gasteiger partial charge in [0.25, 0.3) is 5.91 Å². The first-order chi connectivity index (χ1) is 12.7. The molecule has 0 aliphatic carbocycles. The van der Waals surface area contributed by atoms with Crippen LogP contribution in [-0.4, -0.2) is 41.6 Å². The van der Waals surface area contributed by atoms with E-state index in [2.05, 4.69) is 25.7 Å². The van der Waals surface area contributed by atoms with Crippen LogP contribution in [0.2, 0.25) is 0 Å². The number of halogens is 1. The van der Waals surface area contributed by atoms with E-state index in [9.17, 15) is 9.18 Å². The van der Waals surface area contributed by atoms with Crippen molar-refractivity contribution in [1.29, 1.82) is 0 Å². The number of carbonyl (C=O) groups is 1. The van der Waals surface area contributed by atoms with Crippen LogP contribution in [0.5, 0.6) is 0 Å². The molecule has 27 heavy (non-hydrogen) atoms. The first kappa shape index (κ1) is 21.4. The second-order valence-electron chi connectivity index (χ2n) is 8.47. The fourth-order valence-corrected chi connectivity index (χ4v) is 4.24. The molecule has 0 bridgehead atoms. The quantitative estimate of drug-likeness (QED) is 0.739. The summed E-state index contributed by atoms with van der Waals surface area (Å²) in [6.45, 7) is 15.2. The molecule has 0 aromatic carbocycles. The summed E-state index contributed by atoms with van der Waals surface area (Å²) in [7, 11) is 1.88. The van der Waals surface area contributed by atoms with Crippen LogP contribution >= 0.6 is 0 Å². The van der Waals surface area contributed by atoms with Gasteiger partial charge in [-0.15, -0.1) is 0 Å². The van der Waals surface area contributed by atoms with Crippen molar-refractivity contribution in [2.75, 3.05) is 20.1 Å². The van der Waals surface area contributed by atoms with Crippen molar-refractivity contribution >= 4 is 11.5 Å². The molecule has 1 saturated heterocycles. The van der Waals surface area contributed by atoms with Gasteiger partial charge in [0.2, 0.25) is 0 Å². The van der Waals surface area contributed by atoms with Crippen LogP contribution in [0.1, 0.15) is 68.8 Å². The number of alkyl halides is 1. The van der Waals surface area contributed by atoms with Gasteiger partial charge >= 0.3 is 0 Å². The molecule has 1 N–H and O–H groups in total. The highest BCUT2D eigenvalue weighted by Crippen LogP contribution is 2.33. The van der Waals surface area contributed by atoms with E-state index in [1.165, 1.54) is 0 Å². The van der Waals surface area contributed by atoms with E-state index in [1.54, 1.807) is 6.08 Å². The van der Waals surface area contributed by atoms with Crippen molar-refractivity contribution in [1.82, 2.24) is 14.8 Å². The summed E-state index contributed by atoms with van der Waals surface area (Å²) in [6, 6.07) is 1.94. The minimum absolute atomic E-state index is 0.00517. The van der Waals surface area contributed by atoms with E-state index in [4.69, 9.17) is 0 Å². The number of hydrogen-bond donors (Lipinski definition) is 1. The van der Waals surface area contributed by atoms with Crippen molar-refractivity contribution in [2.24, 2.45) is 5.41 Å². The standard InChI is InChI=1S/C22H34FN3O/c1-8-9-16(4)18-12-17(13-23)26(15(2)3)20(18)21(27)25(7)19-10-11-24-14-22(19,5)6/h8-9,12,15,19,24H,1,10-11,13-14H2,2-7H3. The molecule has 0 saturated carbocycles. The number of aromatic nitrogens is 1. The normalized spacial score (nSPS) is 20.0. The highest BCUT2D eigenvalue weighted by Gasteiger charge is 2.38. The fraction of sp³-hybridized carbons (Fsp3) is 0.591. The molecule has 5 heteroatoms. The number of rotatable bonds is 6. The molecule has 0 radical (unpaired) electrons. The minimum Gasteiger partial charge on any atom is -0.337 e. The molecule has 1 unspecified atom stereocenters. The van der Waals surface area contributed by atoms with Gasteiger partial charge in [0.05, 0.1) is 5.69 Å². The summed E-state index contributed by atoms with van der Waals surface area (Å²) < 4.78 is 15.6. The Morgan fingerprint density at radius 3 is 2.70 bits per heavy atom. The van der Waals surface area contributed by atoms with Crippen molar-refractivity contribution < 1.29 is 9.18 Å². The Bertz CT molecular complexity index is 730. The molecule has 4 nitrogen and oxygen atoms in total. The molecule has 1 aliphatic rings. The average Bonchev–Trinajstić information content (AvgIpc) is 3.00. The van der Waals surface area contributed by atoms with E-state index in [0.29, 0.717) is 11.4 Å². The number of amides is 1. The Kier molecular flexibility index (Phi) is 6.68. The van der Waals surface area contributed by atoms with Gasteiger partial charge in [0.15, 0.2) is 0 Å². The summed E-state index contributed by atoms with van der Waals surface area (Å²) in [6.07, 6.45) is 4.47. The van der Waals surface area contributed by atoms with Crippen LogP contribution < -0.4 is 5.32 Å². The Morgan fingerprint density at radius 2 is 2.19 bits per heavy atom. The first-order valence-corrected chi connectivity index (χ1v) is 9.73. The second kappa shape index (κ2) is 8.42. The van der Waals surface area contributed by atoms with Gasteiger partial charge in [0.1, 0.15) is 12.4 Å². The van der Waals surface area contributed by atoms with Crippen molar-refractivity contribution in [3.63, 3.8) is 0 Å². The smallest absolute Gasteiger partial charge is 0.271 e. The zero-order chi connectivity index (χ0) is 20.4. The Hall–Kier alpha value is -1.88. The van der Waals surface area contributed by atoms with Gasteiger partial charge in [-0.2, -0.15) is 0 Å². The fourth-order valence-electron chi connectivity index (χ4n) is 4.24. The number of piperidine rings is 1. The molecule has 1 amide bonds. The SMILES string of the molecule is C=CC=C(C)c1cc(CF)n(C(C)C)c1C(=O)N(C)C1CCNCC1(C)C. The van der Waals surface area contributed by atoms with Crippen LogP contribution in [0.3, 0.4) is 0 Å². The maximum absolute atomic E-state index is 13.7. The van der Waals surface area contributed by atoms with E-state index in [1.807, 2.05) is 49.4 Å². The molecule has 1 fully saturated rings. The van der Waals surface area contributed by atoms with Gasteiger partial charge in [-0.1, -0.05) is 32.6 Å².